The van der Waals surface area contributed by atoms with Crippen LogP contribution >= 0.6 is 24.8 Å². The van der Waals surface area contributed by atoms with Crippen molar-refractivity contribution in [3.8, 4) is 17.6 Å². The molecule has 164 valence electrons. The number of aromatic hydroxyl groups is 1. The highest BCUT2D eigenvalue weighted by atomic mass is 35.5. The lowest BCUT2D eigenvalue weighted by Crippen LogP contribution is -2.45. The first-order valence-corrected chi connectivity index (χ1v) is 8.52. The maximum absolute atomic E-state index is 14.1. The van der Waals surface area contributed by atoms with Gasteiger partial charge in [-0.1, -0.05) is 12.1 Å². The molecule has 0 radical (unpaired) electrons. The molecule has 0 saturated carbocycles. The number of piperazine rings is 1. The fourth-order valence-electron chi connectivity index (χ4n) is 3.31. The molecular formula is C19H19Cl2F4N3O2. The Morgan fingerprint density at radius 1 is 1.07 bits per heavy atom. The second kappa shape index (κ2) is 10.7. The monoisotopic (exact) mass is 467 g/mol. The van der Waals surface area contributed by atoms with E-state index in [1.54, 1.807) is 0 Å². The van der Waals surface area contributed by atoms with Gasteiger partial charge in [0.25, 0.3) is 0 Å². The molecule has 1 heterocycles. The van der Waals surface area contributed by atoms with Crippen molar-refractivity contribution < 1.29 is 27.4 Å². The van der Waals surface area contributed by atoms with E-state index in [4.69, 9.17) is 0 Å². The lowest BCUT2D eigenvalue weighted by molar-refractivity contribution is -0.274. The third-order valence-corrected chi connectivity index (χ3v) is 4.51. The molecule has 0 bridgehead atoms. The summed E-state index contributed by atoms with van der Waals surface area (Å²) >= 11 is 0. The second-order valence-electron chi connectivity index (χ2n) is 6.27. The van der Waals surface area contributed by atoms with Crippen molar-refractivity contribution in [2.75, 3.05) is 26.2 Å². The van der Waals surface area contributed by atoms with Crippen LogP contribution in [0.25, 0.3) is 0 Å². The van der Waals surface area contributed by atoms with Crippen LogP contribution in [-0.2, 0) is 0 Å². The Labute approximate surface area is 183 Å². The van der Waals surface area contributed by atoms with Crippen LogP contribution in [0.1, 0.15) is 22.7 Å². The molecular weight excluding hydrogens is 449 g/mol. The number of phenols is 1. The van der Waals surface area contributed by atoms with Crippen molar-refractivity contribution in [3.05, 3.63) is 58.9 Å². The van der Waals surface area contributed by atoms with E-state index in [-0.39, 0.29) is 41.7 Å². The summed E-state index contributed by atoms with van der Waals surface area (Å²) in [5, 5.41) is 23.0. The predicted octanol–water partition coefficient (Wildman–Crippen LogP) is 4.14. The van der Waals surface area contributed by atoms with Gasteiger partial charge in [-0.15, -0.1) is 38.0 Å². The number of alkyl halides is 3. The molecule has 0 spiro atoms. The summed E-state index contributed by atoms with van der Waals surface area (Å²) in [6.45, 7) is 2.38. The van der Waals surface area contributed by atoms with Gasteiger partial charge in [-0.2, -0.15) is 5.26 Å². The molecule has 1 aliphatic rings. The van der Waals surface area contributed by atoms with Crippen molar-refractivity contribution in [2.45, 2.75) is 12.4 Å². The number of ether oxygens (including phenoxy) is 1. The van der Waals surface area contributed by atoms with Gasteiger partial charge in [0.15, 0.2) is 11.6 Å². The third-order valence-electron chi connectivity index (χ3n) is 4.51. The maximum atomic E-state index is 14.1. The van der Waals surface area contributed by atoms with E-state index in [9.17, 15) is 27.9 Å². The van der Waals surface area contributed by atoms with Crippen LogP contribution in [-0.4, -0.2) is 42.5 Å². The van der Waals surface area contributed by atoms with Gasteiger partial charge in [0.1, 0.15) is 5.75 Å². The van der Waals surface area contributed by atoms with Crippen LogP contribution in [0.2, 0.25) is 0 Å². The molecule has 1 saturated heterocycles. The molecule has 2 aromatic rings. The first-order chi connectivity index (χ1) is 13.3. The minimum absolute atomic E-state index is 0. The van der Waals surface area contributed by atoms with Gasteiger partial charge in [-0.05, 0) is 29.8 Å². The summed E-state index contributed by atoms with van der Waals surface area (Å²) in [5.41, 5.74) is 0.695. The maximum Gasteiger partial charge on any atom is 0.573 e. The lowest BCUT2D eigenvalue weighted by atomic mass is 9.91. The van der Waals surface area contributed by atoms with E-state index in [1.807, 2.05) is 11.0 Å². The SMILES string of the molecule is Cl.Cl.N#Cc1ccc(F)c(O)c1[C@@H](c1ccc(OC(F)(F)F)cc1)N1CCNCC1. The average Bonchev–Trinajstić information content (AvgIpc) is 2.66. The van der Waals surface area contributed by atoms with E-state index in [2.05, 4.69) is 10.1 Å². The third kappa shape index (κ3) is 5.89. The van der Waals surface area contributed by atoms with Gasteiger partial charge >= 0.3 is 6.36 Å². The van der Waals surface area contributed by atoms with Crippen molar-refractivity contribution in [1.82, 2.24) is 10.2 Å². The molecule has 0 aliphatic carbocycles. The molecule has 3 rings (SSSR count). The van der Waals surface area contributed by atoms with Gasteiger partial charge in [0.05, 0.1) is 17.7 Å². The number of halogens is 6. The number of hydrogen-bond donors (Lipinski definition) is 2. The van der Waals surface area contributed by atoms with E-state index >= 15 is 0 Å². The first kappa shape index (κ1) is 25.8. The Morgan fingerprint density at radius 2 is 1.67 bits per heavy atom. The second-order valence-corrected chi connectivity index (χ2v) is 6.27. The fourth-order valence-corrected chi connectivity index (χ4v) is 3.31. The molecule has 1 aliphatic heterocycles. The molecule has 5 nitrogen and oxygen atoms in total. The van der Waals surface area contributed by atoms with E-state index in [0.29, 0.717) is 31.7 Å². The van der Waals surface area contributed by atoms with Crippen LogP contribution in [0.4, 0.5) is 17.6 Å². The minimum atomic E-state index is -4.81. The zero-order valence-corrected chi connectivity index (χ0v) is 17.1. The zero-order valence-electron chi connectivity index (χ0n) is 15.4. The van der Waals surface area contributed by atoms with Gasteiger partial charge in [0.2, 0.25) is 0 Å². The molecule has 11 heteroatoms. The Bertz CT molecular complexity index is 883. The fraction of sp³-hybridized carbons (Fsp3) is 0.316. The standard InChI is InChI=1S/C19H17F4N3O2.2ClH/c20-15-6-3-13(11-24)16(18(15)27)17(26-9-7-25-8-10-26)12-1-4-14(5-2-12)28-19(21,22)23;;/h1-6,17,25,27H,7-10H2;2*1H/t17-;;/m1../s1. The molecule has 0 amide bonds. The van der Waals surface area contributed by atoms with Gasteiger partial charge in [0, 0.05) is 31.7 Å². The summed E-state index contributed by atoms with van der Waals surface area (Å²) in [5.74, 6) is -1.90. The first-order valence-electron chi connectivity index (χ1n) is 8.52. The Balaban J connectivity index is 0.00000225. The van der Waals surface area contributed by atoms with E-state index in [1.165, 1.54) is 18.2 Å². The van der Waals surface area contributed by atoms with Crippen molar-refractivity contribution in [1.29, 1.82) is 5.26 Å². The molecule has 0 aromatic heterocycles. The predicted molar refractivity (Wildman–Crippen MR) is 107 cm³/mol. The van der Waals surface area contributed by atoms with E-state index in [0.717, 1.165) is 18.2 Å². The van der Waals surface area contributed by atoms with Crippen molar-refractivity contribution >= 4 is 24.8 Å². The number of hydrogen-bond acceptors (Lipinski definition) is 5. The molecule has 1 atom stereocenters. The zero-order chi connectivity index (χ0) is 20.3. The topological polar surface area (TPSA) is 68.5 Å². The smallest absolute Gasteiger partial charge is 0.505 e. The molecule has 2 aromatic carbocycles. The van der Waals surface area contributed by atoms with Crippen molar-refractivity contribution in [3.63, 3.8) is 0 Å². The van der Waals surface area contributed by atoms with Crippen molar-refractivity contribution in [2.24, 2.45) is 0 Å². The Hall–Kier alpha value is -2.25. The quantitative estimate of drug-likeness (QED) is 0.661. The number of nitriles is 1. The van der Waals surface area contributed by atoms with E-state index < -0.39 is 24.0 Å². The average molecular weight is 468 g/mol. The van der Waals surface area contributed by atoms with Gasteiger partial charge in [-0.25, -0.2) is 4.39 Å². The van der Waals surface area contributed by atoms with Crippen LogP contribution in [0, 0.1) is 17.1 Å². The Morgan fingerprint density at radius 3 is 2.20 bits per heavy atom. The van der Waals surface area contributed by atoms with Crippen LogP contribution < -0.4 is 10.1 Å². The minimum Gasteiger partial charge on any atom is -0.505 e. The number of nitrogens with zero attached hydrogens (tertiary/aromatic N) is 2. The summed E-state index contributed by atoms with van der Waals surface area (Å²) < 4.78 is 55.2. The number of phenolic OH excluding ortho intramolecular Hbond substituents is 1. The summed E-state index contributed by atoms with van der Waals surface area (Å²) in [7, 11) is 0. The highest BCUT2D eigenvalue weighted by Crippen LogP contribution is 2.39. The lowest BCUT2D eigenvalue weighted by Gasteiger charge is -2.36. The normalized spacial score (nSPS) is 15.3. The molecule has 0 unspecified atom stereocenters. The highest BCUT2D eigenvalue weighted by Gasteiger charge is 2.32. The molecule has 30 heavy (non-hydrogen) atoms. The van der Waals surface area contributed by atoms with Crippen LogP contribution in [0.5, 0.6) is 11.5 Å². The molecule has 2 N–H and O–H groups in total. The summed E-state index contributed by atoms with van der Waals surface area (Å²) in [6.07, 6.45) is -4.81. The van der Waals surface area contributed by atoms with Gasteiger partial charge < -0.3 is 15.2 Å². The molecule has 1 fully saturated rings. The van der Waals surface area contributed by atoms with Crippen LogP contribution in [0.3, 0.4) is 0 Å². The highest BCUT2D eigenvalue weighted by molar-refractivity contribution is 5.85. The van der Waals surface area contributed by atoms with Crippen LogP contribution in [0.15, 0.2) is 36.4 Å². The Kier molecular flexibility index (Phi) is 9.18. The number of benzene rings is 2. The largest absolute Gasteiger partial charge is 0.573 e. The van der Waals surface area contributed by atoms with Gasteiger partial charge in [-0.3, -0.25) is 4.90 Å². The summed E-state index contributed by atoms with van der Waals surface area (Å²) in [4.78, 5) is 1.94. The number of rotatable bonds is 4. The number of nitrogens with one attached hydrogen (secondary N) is 1. The summed E-state index contributed by atoms with van der Waals surface area (Å²) in [6, 6.07) is 8.67.